The van der Waals surface area contributed by atoms with Crippen molar-refractivity contribution in [2.75, 3.05) is 26.4 Å². The molecule has 0 bridgehead atoms. The van der Waals surface area contributed by atoms with Gasteiger partial charge in [-0.2, -0.15) is 0 Å². The second-order valence-electron chi connectivity index (χ2n) is 24.3. The van der Waals surface area contributed by atoms with Crippen molar-refractivity contribution in [1.29, 1.82) is 0 Å². The highest BCUT2D eigenvalue weighted by Crippen LogP contribution is 2.43. The minimum atomic E-state index is -1.68. The van der Waals surface area contributed by atoms with Gasteiger partial charge < -0.3 is 18.3 Å². The molecule has 0 fully saturated rings. The summed E-state index contributed by atoms with van der Waals surface area (Å²) in [5.74, 6) is 3.44. The highest BCUT2D eigenvalue weighted by atomic mass is 28.4. The van der Waals surface area contributed by atoms with Crippen molar-refractivity contribution in [3.8, 4) is 5.75 Å². The number of hydrogen-bond acceptors (Lipinski definition) is 4. The summed E-state index contributed by atoms with van der Waals surface area (Å²) in [4.78, 5) is 0. The van der Waals surface area contributed by atoms with Gasteiger partial charge in [-0.1, -0.05) is 172 Å². The van der Waals surface area contributed by atoms with Gasteiger partial charge in [-0.25, -0.2) is 0 Å². The van der Waals surface area contributed by atoms with Crippen LogP contribution in [0.1, 0.15) is 167 Å². The van der Waals surface area contributed by atoms with Crippen LogP contribution >= 0.6 is 0 Å². The van der Waals surface area contributed by atoms with Gasteiger partial charge in [0.2, 0.25) is 0 Å². The Balaban J connectivity index is 1.50. The van der Waals surface area contributed by atoms with Crippen LogP contribution < -0.4 is 9.92 Å². The fourth-order valence-corrected chi connectivity index (χ4v) is 11.9. The SMILES string of the molecule is CCC(C)CC(CC(CC(=C1C=CC(OCCCCCCO[Si](C)(C)C(C)(C)C)=CC1)c1ccc(OCCCCCCO[Si](C)(C)C(C)(C)C)cc1)c1ccccc1)c1ccc([Si](C)(C)C)cc1. The molecule has 1 aliphatic carbocycles. The van der Waals surface area contributed by atoms with Gasteiger partial charge in [0, 0.05) is 13.2 Å². The molecular weight excluding hydrogens is 881 g/mol. The molecular formula is C61H98O4Si3. The third-order valence-corrected chi connectivity index (χ3v) is 26.8. The second kappa shape index (κ2) is 27.0. The zero-order valence-electron chi connectivity index (χ0n) is 46.1. The summed E-state index contributed by atoms with van der Waals surface area (Å²) >= 11 is 0. The van der Waals surface area contributed by atoms with Crippen molar-refractivity contribution < 1.29 is 18.3 Å². The molecule has 0 aromatic heterocycles. The maximum atomic E-state index is 6.41. The lowest BCUT2D eigenvalue weighted by molar-refractivity contribution is 0.213. The minimum Gasteiger partial charge on any atom is -0.494 e. The monoisotopic (exact) mass is 979 g/mol. The maximum Gasteiger partial charge on any atom is 0.191 e. The predicted octanol–water partition coefficient (Wildman–Crippen LogP) is 18.2. The number of hydrogen-bond donors (Lipinski definition) is 0. The van der Waals surface area contributed by atoms with E-state index in [4.69, 9.17) is 18.3 Å². The Hall–Kier alpha value is -2.95. The molecule has 0 radical (unpaired) electrons. The molecule has 0 saturated heterocycles. The minimum absolute atomic E-state index is 0.262. The molecule has 0 heterocycles. The predicted molar refractivity (Wildman–Crippen MR) is 305 cm³/mol. The molecule has 4 nitrogen and oxygen atoms in total. The van der Waals surface area contributed by atoms with E-state index >= 15 is 0 Å². The van der Waals surface area contributed by atoms with Crippen molar-refractivity contribution in [1.82, 2.24) is 0 Å². The fraction of sp³-hybridized carbons (Fsp3) is 0.607. The first-order valence-corrected chi connectivity index (χ1v) is 36.2. The lowest BCUT2D eigenvalue weighted by Gasteiger charge is -2.36. The number of benzene rings is 3. The van der Waals surface area contributed by atoms with E-state index < -0.39 is 24.7 Å². The van der Waals surface area contributed by atoms with Crippen LogP contribution in [0.2, 0.25) is 55.9 Å². The Morgan fingerprint density at radius 3 is 1.56 bits per heavy atom. The standard InChI is InChI=1S/C61H98O4Si3/c1-16-49(2)46-54(51-34-40-58(41-35-51)66(9,10)11)47-55(50-28-22-21-23-29-50)48-59(52-30-36-56(37-31-52)62-42-24-17-19-26-44-64-67(12,13)60(3,4)5)53-32-38-57(39-33-53)63-43-25-18-20-27-45-65-68(14,15)61(6,7)8/h21-23,28-32,34-41,49,54-55H,16-20,24-27,33,42-48H2,1-15H3. The Morgan fingerprint density at radius 1 is 0.559 bits per heavy atom. The number of ether oxygens (including phenoxy) is 2. The van der Waals surface area contributed by atoms with E-state index in [9.17, 15) is 0 Å². The van der Waals surface area contributed by atoms with E-state index in [-0.39, 0.29) is 10.1 Å². The first-order valence-electron chi connectivity index (χ1n) is 26.9. The molecule has 0 aliphatic heterocycles. The van der Waals surface area contributed by atoms with Crippen LogP contribution in [0.15, 0.2) is 108 Å². The van der Waals surface area contributed by atoms with Gasteiger partial charge in [0.15, 0.2) is 16.6 Å². The third-order valence-electron chi connectivity index (χ3n) is 15.6. The largest absolute Gasteiger partial charge is 0.494 e. The highest BCUT2D eigenvalue weighted by Gasteiger charge is 2.37. The van der Waals surface area contributed by atoms with E-state index in [0.717, 1.165) is 89.3 Å². The summed E-state index contributed by atoms with van der Waals surface area (Å²) in [6, 6.07) is 30.2. The van der Waals surface area contributed by atoms with Crippen LogP contribution in [0.5, 0.6) is 5.75 Å². The average Bonchev–Trinajstić information content (AvgIpc) is 3.29. The fourth-order valence-electron chi connectivity index (χ4n) is 8.56. The molecule has 3 aromatic rings. The molecule has 0 N–H and O–H groups in total. The van der Waals surface area contributed by atoms with E-state index in [0.29, 0.717) is 17.8 Å². The Bertz CT molecular complexity index is 1990. The van der Waals surface area contributed by atoms with Crippen LogP contribution in [0.4, 0.5) is 0 Å². The first-order chi connectivity index (χ1) is 32.0. The van der Waals surface area contributed by atoms with Gasteiger partial charge in [0.25, 0.3) is 0 Å². The molecule has 7 heteroatoms. The molecule has 3 atom stereocenters. The van der Waals surface area contributed by atoms with Gasteiger partial charge in [0.05, 0.1) is 21.3 Å². The molecule has 0 amide bonds. The van der Waals surface area contributed by atoms with Crippen molar-refractivity contribution in [2.24, 2.45) is 5.92 Å². The first kappa shape index (κ1) is 57.6. The van der Waals surface area contributed by atoms with Crippen LogP contribution in [-0.4, -0.2) is 51.1 Å². The summed E-state index contributed by atoms with van der Waals surface area (Å²) in [6.45, 7) is 38.7. The number of unbranched alkanes of at least 4 members (excludes halogenated alkanes) is 6. The molecule has 4 rings (SSSR count). The molecule has 3 aromatic carbocycles. The van der Waals surface area contributed by atoms with Crippen molar-refractivity contribution >= 4 is 35.5 Å². The molecule has 0 spiro atoms. The summed E-state index contributed by atoms with van der Waals surface area (Å²) in [7, 11) is -4.75. The third kappa shape index (κ3) is 19.0. The summed E-state index contributed by atoms with van der Waals surface area (Å²) in [5, 5.41) is 2.06. The molecule has 0 saturated carbocycles. The van der Waals surface area contributed by atoms with Gasteiger partial charge in [0.1, 0.15) is 11.5 Å². The van der Waals surface area contributed by atoms with Crippen LogP contribution in [0.25, 0.3) is 5.57 Å². The van der Waals surface area contributed by atoms with Crippen LogP contribution in [0, 0.1) is 5.92 Å². The molecule has 378 valence electrons. The van der Waals surface area contributed by atoms with Gasteiger partial charge in [-0.05, 0) is 170 Å². The Morgan fingerprint density at radius 2 is 1.07 bits per heavy atom. The van der Waals surface area contributed by atoms with Gasteiger partial charge in [-0.15, -0.1) is 0 Å². The van der Waals surface area contributed by atoms with Crippen molar-refractivity contribution in [3.63, 3.8) is 0 Å². The zero-order valence-corrected chi connectivity index (χ0v) is 49.1. The number of rotatable bonds is 29. The van der Waals surface area contributed by atoms with Gasteiger partial charge >= 0.3 is 0 Å². The van der Waals surface area contributed by atoms with Crippen molar-refractivity contribution in [2.45, 2.75) is 207 Å². The maximum absolute atomic E-state index is 6.41. The highest BCUT2D eigenvalue weighted by molar-refractivity contribution is 6.88. The lowest BCUT2D eigenvalue weighted by Crippen LogP contribution is -2.40. The smallest absolute Gasteiger partial charge is 0.191 e. The van der Waals surface area contributed by atoms with E-state index in [2.05, 4.69) is 198 Å². The Labute approximate surface area is 421 Å². The molecule has 68 heavy (non-hydrogen) atoms. The second-order valence-corrected chi connectivity index (χ2v) is 39.0. The summed E-state index contributed by atoms with van der Waals surface area (Å²) < 4.78 is 25.5. The normalized spacial score (nSPS) is 16.0. The lowest BCUT2D eigenvalue weighted by atomic mass is 9.76. The van der Waals surface area contributed by atoms with E-state index in [1.165, 1.54) is 65.1 Å². The summed E-state index contributed by atoms with van der Waals surface area (Å²) in [6.07, 6.45) is 21.3. The van der Waals surface area contributed by atoms with Crippen LogP contribution in [-0.2, 0) is 13.6 Å². The van der Waals surface area contributed by atoms with Crippen molar-refractivity contribution in [3.05, 3.63) is 125 Å². The van der Waals surface area contributed by atoms with E-state index in [1.807, 2.05) is 0 Å². The van der Waals surface area contributed by atoms with Gasteiger partial charge in [-0.3, -0.25) is 0 Å². The molecule has 3 unspecified atom stereocenters. The topological polar surface area (TPSA) is 36.9 Å². The number of allylic oxidation sites excluding steroid dienone is 5. The zero-order chi connectivity index (χ0) is 50.0. The molecule has 1 aliphatic rings. The Kier molecular flexibility index (Phi) is 22.9. The summed E-state index contributed by atoms with van der Waals surface area (Å²) in [5.41, 5.74) is 7.01. The van der Waals surface area contributed by atoms with Crippen LogP contribution in [0.3, 0.4) is 0 Å². The quantitative estimate of drug-likeness (QED) is 0.0513. The van der Waals surface area contributed by atoms with E-state index in [1.54, 1.807) is 0 Å². The average molecular weight is 980 g/mol.